The summed E-state index contributed by atoms with van der Waals surface area (Å²) in [5.41, 5.74) is 5.76. The molecule has 2 rings (SSSR count). The Morgan fingerprint density at radius 1 is 1.26 bits per heavy atom. The quantitative estimate of drug-likeness (QED) is 0.884. The Bertz CT molecular complexity index is 417. The van der Waals surface area contributed by atoms with Crippen molar-refractivity contribution in [3.8, 4) is 0 Å². The largest absolute Gasteiger partial charge is 0.416 e. The molecular formula is C14H19F3N2. The lowest BCUT2D eigenvalue weighted by Gasteiger charge is -2.19. The molecule has 1 aliphatic carbocycles. The van der Waals surface area contributed by atoms with E-state index in [1.807, 2.05) is 0 Å². The van der Waals surface area contributed by atoms with Crippen molar-refractivity contribution in [3.05, 3.63) is 35.4 Å². The Balaban J connectivity index is 1.96. The molecule has 0 amide bonds. The maximum Gasteiger partial charge on any atom is 0.416 e. The predicted molar refractivity (Wildman–Crippen MR) is 68.5 cm³/mol. The molecule has 0 saturated heterocycles. The van der Waals surface area contributed by atoms with E-state index in [4.69, 9.17) is 5.73 Å². The topological polar surface area (TPSA) is 38.0 Å². The van der Waals surface area contributed by atoms with Crippen molar-refractivity contribution in [1.29, 1.82) is 0 Å². The summed E-state index contributed by atoms with van der Waals surface area (Å²) in [6, 6.07) is 5.81. The molecule has 0 spiro atoms. The second kappa shape index (κ2) is 5.92. The van der Waals surface area contributed by atoms with Crippen molar-refractivity contribution in [1.82, 2.24) is 5.32 Å². The van der Waals surface area contributed by atoms with Crippen LogP contribution >= 0.6 is 0 Å². The van der Waals surface area contributed by atoms with Crippen molar-refractivity contribution in [3.63, 3.8) is 0 Å². The summed E-state index contributed by atoms with van der Waals surface area (Å²) in [6.45, 7) is 1.10. The fourth-order valence-electron chi connectivity index (χ4n) is 2.69. The molecule has 3 N–H and O–H groups in total. The molecule has 0 bridgehead atoms. The molecule has 1 fully saturated rings. The van der Waals surface area contributed by atoms with Gasteiger partial charge < -0.3 is 11.1 Å². The van der Waals surface area contributed by atoms with Gasteiger partial charge in [-0.2, -0.15) is 13.2 Å². The van der Waals surface area contributed by atoms with E-state index in [9.17, 15) is 13.2 Å². The lowest BCUT2D eigenvalue weighted by molar-refractivity contribution is -0.137. The Morgan fingerprint density at radius 2 is 2.05 bits per heavy atom. The van der Waals surface area contributed by atoms with Crippen LogP contribution in [0.3, 0.4) is 0 Å². The summed E-state index contributed by atoms with van der Waals surface area (Å²) >= 11 is 0. The predicted octanol–water partition coefficient (Wildman–Crippen LogP) is 2.92. The van der Waals surface area contributed by atoms with Crippen LogP contribution in [0.1, 0.15) is 30.4 Å². The molecule has 0 aromatic heterocycles. The van der Waals surface area contributed by atoms with Gasteiger partial charge in [-0.15, -0.1) is 0 Å². The first-order valence-corrected chi connectivity index (χ1v) is 6.60. The molecule has 1 saturated carbocycles. The molecule has 0 radical (unpaired) electrons. The molecule has 106 valence electrons. The average Bonchev–Trinajstić information content (AvgIpc) is 2.83. The highest BCUT2D eigenvalue weighted by Gasteiger charge is 2.30. The maximum atomic E-state index is 12.6. The Labute approximate surface area is 111 Å². The zero-order chi connectivity index (χ0) is 13.9. The summed E-state index contributed by atoms with van der Waals surface area (Å²) in [5.74, 6) is 0.450. The minimum atomic E-state index is -4.27. The fourth-order valence-corrected chi connectivity index (χ4v) is 2.69. The van der Waals surface area contributed by atoms with Crippen LogP contribution in [0, 0.1) is 5.92 Å². The van der Waals surface area contributed by atoms with E-state index in [2.05, 4.69) is 5.32 Å². The highest BCUT2D eigenvalue weighted by Crippen LogP contribution is 2.30. The van der Waals surface area contributed by atoms with Gasteiger partial charge in [0.1, 0.15) is 0 Å². The van der Waals surface area contributed by atoms with Crippen molar-refractivity contribution < 1.29 is 13.2 Å². The molecule has 5 heteroatoms. The summed E-state index contributed by atoms with van der Waals surface area (Å²) in [5, 5.41) is 3.33. The van der Waals surface area contributed by atoms with E-state index in [0.717, 1.165) is 25.3 Å². The van der Waals surface area contributed by atoms with E-state index in [0.29, 0.717) is 30.6 Å². The molecule has 2 atom stereocenters. The van der Waals surface area contributed by atoms with Gasteiger partial charge in [-0.05, 0) is 36.9 Å². The van der Waals surface area contributed by atoms with E-state index in [1.165, 1.54) is 12.1 Å². The van der Waals surface area contributed by atoms with Crippen LogP contribution in [0.4, 0.5) is 13.2 Å². The van der Waals surface area contributed by atoms with Crippen LogP contribution in [0.2, 0.25) is 0 Å². The Morgan fingerprint density at radius 3 is 2.74 bits per heavy atom. The van der Waals surface area contributed by atoms with Crippen LogP contribution in [0.25, 0.3) is 0 Å². The third kappa shape index (κ3) is 3.70. The van der Waals surface area contributed by atoms with E-state index in [1.54, 1.807) is 6.07 Å². The van der Waals surface area contributed by atoms with Gasteiger partial charge in [-0.1, -0.05) is 24.6 Å². The number of nitrogens with two attached hydrogens (primary N) is 1. The number of alkyl halides is 3. The molecule has 1 aromatic rings. The number of rotatable bonds is 4. The molecular weight excluding hydrogens is 253 g/mol. The fraction of sp³-hybridized carbons (Fsp3) is 0.571. The molecule has 0 aliphatic heterocycles. The van der Waals surface area contributed by atoms with Gasteiger partial charge in [0.15, 0.2) is 0 Å². The number of halogens is 3. The second-order valence-corrected chi connectivity index (χ2v) is 5.11. The van der Waals surface area contributed by atoms with Gasteiger partial charge in [0, 0.05) is 12.6 Å². The lowest BCUT2D eigenvalue weighted by Crippen LogP contribution is -2.35. The monoisotopic (exact) mass is 272 g/mol. The summed E-state index contributed by atoms with van der Waals surface area (Å²) < 4.78 is 37.8. The first-order chi connectivity index (χ1) is 9.00. The van der Waals surface area contributed by atoms with Crippen LogP contribution in [-0.2, 0) is 12.7 Å². The summed E-state index contributed by atoms with van der Waals surface area (Å²) in [6.07, 6.45) is -0.969. The van der Waals surface area contributed by atoms with Crippen LogP contribution in [-0.4, -0.2) is 12.6 Å². The van der Waals surface area contributed by atoms with E-state index >= 15 is 0 Å². The zero-order valence-corrected chi connectivity index (χ0v) is 10.7. The molecule has 0 heterocycles. The third-order valence-electron chi connectivity index (χ3n) is 3.78. The second-order valence-electron chi connectivity index (χ2n) is 5.11. The van der Waals surface area contributed by atoms with Gasteiger partial charge in [0.25, 0.3) is 0 Å². The Kier molecular flexibility index (Phi) is 4.47. The maximum absolute atomic E-state index is 12.6. The minimum Gasteiger partial charge on any atom is -0.330 e. The number of nitrogens with one attached hydrogen (secondary N) is 1. The van der Waals surface area contributed by atoms with Gasteiger partial charge >= 0.3 is 6.18 Å². The molecule has 2 nitrogen and oxygen atoms in total. The highest BCUT2D eigenvalue weighted by molar-refractivity contribution is 5.25. The molecule has 2 unspecified atom stereocenters. The van der Waals surface area contributed by atoms with Gasteiger partial charge in [0.2, 0.25) is 0 Å². The van der Waals surface area contributed by atoms with Crippen LogP contribution in [0.5, 0.6) is 0 Å². The van der Waals surface area contributed by atoms with E-state index in [-0.39, 0.29) is 0 Å². The van der Waals surface area contributed by atoms with Gasteiger partial charge in [-0.25, -0.2) is 0 Å². The smallest absolute Gasteiger partial charge is 0.330 e. The van der Waals surface area contributed by atoms with E-state index < -0.39 is 11.7 Å². The first-order valence-electron chi connectivity index (χ1n) is 6.60. The Hall–Kier alpha value is -1.07. The van der Waals surface area contributed by atoms with Crippen LogP contribution in [0.15, 0.2) is 24.3 Å². The number of benzene rings is 1. The van der Waals surface area contributed by atoms with Crippen molar-refractivity contribution in [2.75, 3.05) is 6.54 Å². The first kappa shape index (κ1) is 14.3. The summed E-state index contributed by atoms with van der Waals surface area (Å²) in [4.78, 5) is 0. The highest BCUT2D eigenvalue weighted by atomic mass is 19.4. The van der Waals surface area contributed by atoms with Crippen molar-refractivity contribution in [2.45, 2.75) is 38.0 Å². The molecule has 1 aliphatic rings. The van der Waals surface area contributed by atoms with Crippen LogP contribution < -0.4 is 11.1 Å². The third-order valence-corrected chi connectivity index (χ3v) is 3.78. The standard InChI is InChI=1S/C14H19F3N2/c15-14(16,17)12-5-1-3-10(7-12)9-19-13-6-2-4-11(13)8-18/h1,3,5,7,11,13,19H,2,4,6,8-9,18H2. The number of hydrogen-bond donors (Lipinski definition) is 2. The summed E-state index contributed by atoms with van der Waals surface area (Å²) in [7, 11) is 0. The van der Waals surface area contributed by atoms with Gasteiger partial charge in [-0.3, -0.25) is 0 Å². The van der Waals surface area contributed by atoms with Crippen molar-refractivity contribution in [2.24, 2.45) is 11.7 Å². The molecule has 19 heavy (non-hydrogen) atoms. The zero-order valence-electron chi connectivity index (χ0n) is 10.7. The normalized spacial score (nSPS) is 23.8. The molecule has 1 aromatic carbocycles. The van der Waals surface area contributed by atoms with Crippen molar-refractivity contribution >= 4 is 0 Å². The lowest BCUT2D eigenvalue weighted by atomic mass is 10.0. The minimum absolute atomic E-state index is 0.333. The van der Waals surface area contributed by atoms with Gasteiger partial charge in [0.05, 0.1) is 5.56 Å². The number of hydrogen-bond acceptors (Lipinski definition) is 2. The average molecular weight is 272 g/mol. The SMILES string of the molecule is NCC1CCCC1NCc1cccc(C(F)(F)F)c1.